The van der Waals surface area contributed by atoms with Crippen LogP contribution in [0.2, 0.25) is 5.02 Å². The standard InChI is InChI=1S/C14H16ClFN2O2/c1-2-5-17-8-10-6-12(20-18-10)9-19-11-3-4-14(16)13(15)7-11/h3-4,6-7,17H,2,5,8-9H2,1H3. The molecule has 20 heavy (non-hydrogen) atoms. The topological polar surface area (TPSA) is 47.3 Å². The zero-order chi connectivity index (χ0) is 14.4. The van der Waals surface area contributed by atoms with E-state index in [4.69, 9.17) is 20.9 Å². The fourth-order valence-corrected chi connectivity index (χ4v) is 1.79. The summed E-state index contributed by atoms with van der Waals surface area (Å²) in [6, 6.07) is 6.03. The maximum absolute atomic E-state index is 13.0. The van der Waals surface area contributed by atoms with Crippen molar-refractivity contribution in [1.29, 1.82) is 0 Å². The Kier molecular flexibility index (Phi) is 5.38. The molecule has 0 saturated heterocycles. The first kappa shape index (κ1) is 14.8. The van der Waals surface area contributed by atoms with Crippen LogP contribution in [0.15, 0.2) is 28.8 Å². The first-order chi connectivity index (χ1) is 9.69. The molecule has 4 nitrogen and oxygen atoms in total. The van der Waals surface area contributed by atoms with Crippen molar-refractivity contribution in [3.05, 3.63) is 46.6 Å². The van der Waals surface area contributed by atoms with E-state index in [1.165, 1.54) is 18.2 Å². The summed E-state index contributed by atoms with van der Waals surface area (Å²) in [5.74, 6) is 0.625. The number of rotatable bonds is 7. The molecule has 0 aliphatic carbocycles. The monoisotopic (exact) mass is 298 g/mol. The van der Waals surface area contributed by atoms with Crippen LogP contribution >= 0.6 is 11.6 Å². The van der Waals surface area contributed by atoms with Gasteiger partial charge in [-0.25, -0.2) is 4.39 Å². The summed E-state index contributed by atoms with van der Waals surface area (Å²) in [5.41, 5.74) is 0.828. The van der Waals surface area contributed by atoms with Gasteiger partial charge in [0, 0.05) is 18.7 Å². The van der Waals surface area contributed by atoms with Crippen LogP contribution in [0.1, 0.15) is 24.8 Å². The van der Waals surface area contributed by atoms with E-state index in [1.807, 2.05) is 6.07 Å². The average Bonchev–Trinajstić information content (AvgIpc) is 2.88. The lowest BCUT2D eigenvalue weighted by Gasteiger charge is -2.04. The summed E-state index contributed by atoms with van der Waals surface area (Å²) in [6.45, 7) is 3.93. The molecule has 1 aromatic heterocycles. The van der Waals surface area contributed by atoms with E-state index < -0.39 is 5.82 Å². The Labute approximate surface area is 121 Å². The van der Waals surface area contributed by atoms with Gasteiger partial charge in [0.05, 0.1) is 10.7 Å². The minimum atomic E-state index is -0.469. The quantitative estimate of drug-likeness (QED) is 0.794. The number of aromatic nitrogens is 1. The van der Waals surface area contributed by atoms with Crippen LogP contribution in [-0.2, 0) is 13.2 Å². The van der Waals surface area contributed by atoms with Gasteiger partial charge in [-0.3, -0.25) is 0 Å². The fourth-order valence-electron chi connectivity index (χ4n) is 1.62. The van der Waals surface area contributed by atoms with E-state index in [2.05, 4.69) is 17.4 Å². The predicted octanol–water partition coefficient (Wildman–Crippen LogP) is 3.55. The fraction of sp³-hybridized carbons (Fsp3) is 0.357. The highest BCUT2D eigenvalue weighted by Crippen LogP contribution is 2.22. The maximum atomic E-state index is 13.0. The SMILES string of the molecule is CCCNCc1cc(COc2ccc(F)c(Cl)c2)on1. The molecule has 0 aliphatic rings. The first-order valence-electron chi connectivity index (χ1n) is 6.42. The van der Waals surface area contributed by atoms with Crippen molar-refractivity contribution in [2.24, 2.45) is 0 Å². The smallest absolute Gasteiger partial charge is 0.174 e. The third-order valence-electron chi connectivity index (χ3n) is 2.61. The molecule has 1 heterocycles. The molecule has 0 atom stereocenters. The van der Waals surface area contributed by atoms with Crippen molar-refractivity contribution in [3.8, 4) is 5.75 Å². The molecule has 0 saturated carbocycles. The Hall–Kier alpha value is -1.59. The number of hydrogen-bond donors (Lipinski definition) is 1. The van der Waals surface area contributed by atoms with Gasteiger partial charge in [0.1, 0.15) is 18.2 Å². The molecule has 0 spiro atoms. The maximum Gasteiger partial charge on any atom is 0.174 e. The van der Waals surface area contributed by atoms with E-state index in [0.717, 1.165) is 18.7 Å². The van der Waals surface area contributed by atoms with Crippen molar-refractivity contribution in [1.82, 2.24) is 10.5 Å². The Bertz CT molecular complexity index is 560. The minimum Gasteiger partial charge on any atom is -0.485 e. The second-order valence-corrected chi connectivity index (χ2v) is 4.73. The molecule has 0 radical (unpaired) electrons. The second-order valence-electron chi connectivity index (χ2n) is 4.33. The highest BCUT2D eigenvalue weighted by molar-refractivity contribution is 6.30. The van der Waals surface area contributed by atoms with Crippen molar-refractivity contribution in [3.63, 3.8) is 0 Å². The summed E-state index contributed by atoms with van der Waals surface area (Å²) in [6.07, 6.45) is 1.07. The summed E-state index contributed by atoms with van der Waals surface area (Å²) in [4.78, 5) is 0. The van der Waals surface area contributed by atoms with E-state index in [9.17, 15) is 4.39 Å². The summed E-state index contributed by atoms with van der Waals surface area (Å²) in [7, 11) is 0. The Morgan fingerprint density at radius 1 is 1.40 bits per heavy atom. The zero-order valence-corrected chi connectivity index (χ0v) is 11.9. The zero-order valence-electron chi connectivity index (χ0n) is 11.2. The average molecular weight is 299 g/mol. The number of ether oxygens (including phenoxy) is 1. The van der Waals surface area contributed by atoms with E-state index >= 15 is 0 Å². The molecular weight excluding hydrogens is 283 g/mol. The van der Waals surface area contributed by atoms with Gasteiger partial charge < -0.3 is 14.6 Å². The van der Waals surface area contributed by atoms with Crippen molar-refractivity contribution in [2.45, 2.75) is 26.5 Å². The lowest BCUT2D eigenvalue weighted by Crippen LogP contribution is -2.13. The lowest BCUT2D eigenvalue weighted by atomic mass is 10.3. The summed E-state index contributed by atoms with van der Waals surface area (Å²) < 4.78 is 23.6. The molecule has 0 amide bonds. The highest BCUT2D eigenvalue weighted by atomic mass is 35.5. The molecular formula is C14H16ClFN2O2. The van der Waals surface area contributed by atoms with Crippen LogP contribution in [0, 0.1) is 5.82 Å². The van der Waals surface area contributed by atoms with Crippen molar-refractivity contribution >= 4 is 11.6 Å². The molecule has 108 valence electrons. The van der Waals surface area contributed by atoms with E-state index in [0.29, 0.717) is 18.1 Å². The van der Waals surface area contributed by atoms with Gasteiger partial charge >= 0.3 is 0 Å². The third-order valence-corrected chi connectivity index (χ3v) is 2.90. The minimum absolute atomic E-state index is 0.0320. The largest absolute Gasteiger partial charge is 0.485 e. The van der Waals surface area contributed by atoms with Gasteiger partial charge in [0.15, 0.2) is 5.76 Å². The number of nitrogens with one attached hydrogen (secondary N) is 1. The van der Waals surface area contributed by atoms with Crippen molar-refractivity contribution < 1.29 is 13.7 Å². The molecule has 0 fully saturated rings. The van der Waals surface area contributed by atoms with Crippen LogP contribution in [0.5, 0.6) is 5.75 Å². The molecule has 0 unspecified atom stereocenters. The van der Waals surface area contributed by atoms with Crippen molar-refractivity contribution in [2.75, 3.05) is 6.54 Å². The first-order valence-corrected chi connectivity index (χ1v) is 6.80. The molecule has 0 aliphatic heterocycles. The van der Waals surface area contributed by atoms with Crippen LogP contribution in [-0.4, -0.2) is 11.7 Å². The molecule has 2 aromatic rings. The summed E-state index contributed by atoms with van der Waals surface area (Å²) >= 11 is 5.67. The summed E-state index contributed by atoms with van der Waals surface area (Å²) in [5, 5.41) is 7.19. The number of halogens is 2. The number of hydrogen-bond acceptors (Lipinski definition) is 4. The van der Waals surface area contributed by atoms with Crippen LogP contribution < -0.4 is 10.1 Å². The van der Waals surface area contributed by atoms with Gasteiger partial charge in [-0.1, -0.05) is 23.7 Å². The van der Waals surface area contributed by atoms with Gasteiger partial charge in [0.25, 0.3) is 0 Å². The van der Waals surface area contributed by atoms with Gasteiger partial charge in [-0.2, -0.15) is 0 Å². The van der Waals surface area contributed by atoms with E-state index in [-0.39, 0.29) is 11.6 Å². The molecule has 1 N–H and O–H groups in total. The molecule has 0 bridgehead atoms. The molecule has 6 heteroatoms. The van der Waals surface area contributed by atoms with Gasteiger partial charge in [-0.05, 0) is 25.1 Å². The normalized spacial score (nSPS) is 10.8. The van der Waals surface area contributed by atoms with Crippen LogP contribution in [0.3, 0.4) is 0 Å². The second kappa shape index (κ2) is 7.26. The Balaban J connectivity index is 1.85. The molecule has 2 rings (SSSR count). The van der Waals surface area contributed by atoms with Gasteiger partial charge in [-0.15, -0.1) is 0 Å². The molecule has 1 aromatic carbocycles. The number of nitrogens with zero attached hydrogens (tertiary/aromatic N) is 1. The van der Waals surface area contributed by atoms with Gasteiger partial charge in [0.2, 0.25) is 0 Å². The predicted molar refractivity (Wildman–Crippen MR) is 74.2 cm³/mol. The Morgan fingerprint density at radius 2 is 2.25 bits per heavy atom. The Morgan fingerprint density at radius 3 is 3.00 bits per heavy atom. The highest BCUT2D eigenvalue weighted by Gasteiger charge is 2.06. The van der Waals surface area contributed by atoms with Crippen LogP contribution in [0.4, 0.5) is 4.39 Å². The third kappa shape index (κ3) is 4.21. The van der Waals surface area contributed by atoms with Crippen LogP contribution in [0.25, 0.3) is 0 Å². The van der Waals surface area contributed by atoms with E-state index in [1.54, 1.807) is 0 Å². The number of benzene rings is 1. The lowest BCUT2D eigenvalue weighted by molar-refractivity contribution is 0.248.